The first-order chi connectivity index (χ1) is 9.69. The number of hydrogen-bond donors (Lipinski definition) is 1. The summed E-state index contributed by atoms with van der Waals surface area (Å²) in [7, 11) is 0. The number of hydrogen-bond acceptors (Lipinski definition) is 2. The van der Waals surface area contributed by atoms with E-state index < -0.39 is 0 Å². The summed E-state index contributed by atoms with van der Waals surface area (Å²) in [6.45, 7) is 0. The fraction of sp³-hybridized carbons (Fsp3) is 0. The number of rotatable bonds is 3. The minimum atomic E-state index is -0.289. The highest BCUT2D eigenvalue weighted by Crippen LogP contribution is 2.14. The summed E-state index contributed by atoms with van der Waals surface area (Å²) in [6.07, 6.45) is 3.10. The lowest BCUT2D eigenvalue weighted by molar-refractivity contribution is -0.111. The highest BCUT2D eigenvalue weighted by atomic mass is 35.5. The second-order valence-electron chi connectivity index (χ2n) is 4.03. The molecule has 20 heavy (non-hydrogen) atoms. The van der Waals surface area contributed by atoms with Gasteiger partial charge in [0.25, 0.3) is 0 Å². The first-order valence-corrected chi connectivity index (χ1v) is 6.30. The second kappa shape index (κ2) is 6.55. The van der Waals surface area contributed by atoms with E-state index in [9.17, 15) is 4.79 Å². The van der Waals surface area contributed by atoms with E-state index in [0.717, 1.165) is 5.56 Å². The first-order valence-electron chi connectivity index (χ1n) is 5.93. The third-order valence-corrected chi connectivity index (χ3v) is 2.85. The molecule has 98 valence electrons. The van der Waals surface area contributed by atoms with Crippen molar-refractivity contribution in [2.75, 3.05) is 5.32 Å². The maximum Gasteiger partial charge on any atom is 0.248 e. The molecule has 0 aliphatic carbocycles. The van der Waals surface area contributed by atoms with E-state index in [2.05, 4.69) is 5.32 Å². The van der Waals surface area contributed by atoms with E-state index in [1.807, 2.05) is 18.2 Å². The Hall–Kier alpha value is -2.57. The quantitative estimate of drug-likeness (QED) is 0.869. The van der Waals surface area contributed by atoms with Crippen LogP contribution in [-0.4, -0.2) is 5.91 Å². The highest BCUT2D eigenvalue weighted by Gasteiger charge is 2.02. The highest BCUT2D eigenvalue weighted by molar-refractivity contribution is 6.30. The molecule has 0 fully saturated rings. The first kappa shape index (κ1) is 13.9. The summed E-state index contributed by atoms with van der Waals surface area (Å²) in [5, 5.41) is 12.2. The van der Waals surface area contributed by atoms with Crippen LogP contribution in [0.15, 0.2) is 54.6 Å². The van der Waals surface area contributed by atoms with Crippen LogP contribution in [0.2, 0.25) is 5.02 Å². The van der Waals surface area contributed by atoms with Crippen LogP contribution in [0.4, 0.5) is 5.69 Å². The zero-order chi connectivity index (χ0) is 14.4. The Balaban J connectivity index is 2.06. The van der Waals surface area contributed by atoms with Crippen LogP contribution < -0.4 is 5.32 Å². The van der Waals surface area contributed by atoms with Gasteiger partial charge in [-0.05, 0) is 35.9 Å². The average molecular weight is 283 g/mol. The molecule has 1 amide bonds. The third-order valence-electron chi connectivity index (χ3n) is 2.60. The van der Waals surface area contributed by atoms with Crippen molar-refractivity contribution in [2.24, 2.45) is 0 Å². The maximum absolute atomic E-state index is 11.8. The molecular weight excluding hydrogens is 272 g/mol. The molecule has 2 rings (SSSR count). The zero-order valence-corrected chi connectivity index (χ0v) is 11.3. The Morgan fingerprint density at radius 1 is 1.15 bits per heavy atom. The molecular formula is C16H11ClN2O. The van der Waals surface area contributed by atoms with Gasteiger partial charge in [-0.3, -0.25) is 4.79 Å². The predicted molar refractivity (Wildman–Crippen MR) is 80.3 cm³/mol. The van der Waals surface area contributed by atoms with Crippen LogP contribution in [0, 0.1) is 11.3 Å². The molecule has 0 unspecified atom stereocenters. The number of benzene rings is 2. The molecule has 2 aromatic rings. The molecule has 0 aliphatic heterocycles. The van der Waals surface area contributed by atoms with Crippen molar-refractivity contribution in [1.29, 1.82) is 5.26 Å². The van der Waals surface area contributed by atoms with Gasteiger partial charge in [-0.1, -0.05) is 35.9 Å². The standard InChI is InChI=1S/C16H11ClN2O/c17-14-8-5-12(6-9-14)7-10-16(20)19-15-4-2-1-3-13(15)11-18/h1-10H,(H,19,20)/b10-7+. The van der Waals surface area contributed by atoms with Gasteiger partial charge in [-0.25, -0.2) is 0 Å². The molecule has 1 N–H and O–H groups in total. The molecule has 0 spiro atoms. The van der Waals surface area contributed by atoms with Gasteiger partial charge in [0.1, 0.15) is 6.07 Å². The monoisotopic (exact) mass is 282 g/mol. The molecule has 0 aromatic heterocycles. The van der Waals surface area contributed by atoms with Gasteiger partial charge >= 0.3 is 0 Å². The van der Waals surface area contributed by atoms with Gasteiger partial charge in [-0.2, -0.15) is 5.26 Å². The molecule has 0 atom stereocenters. The zero-order valence-electron chi connectivity index (χ0n) is 10.5. The summed E-state index contributed by atoms with van der Waals surface area (Å²) in [4.78, 5) is 11.8. The molecule has 0 bridgehead atoms. The fourth-order valence-electron chi connectivity index (χ4n) is 1.61. The number of nitrogens with one attached hydrogen (secondary N) is 1. The van der Waals surface area contributed by atoms with Crippen molar-refractivity contribution in [3.63, 3.8) is 0 Å². The number of anilines is 1. The van der Waals surface area contributed by atoms with Gasteiger partial charge in [-0.15, -0.1) is 0 Å². The summed E-state index contributed by atoms with van der Waals surface area (Å²) in [5.74, 6) is -0.289. The second-order valence-corrected chi connectivity index (χ2v) is 4.47. The maximum atomic E-state index is 11.8. The topological polar surface area (TPSA) is 52.9 Å². The van der Waals surface area contributed by atoms with E-state index in [4.69, 9.17) is 16.9 Å². The Bertz CT molecular complexity index is 684. The number of nitrogens with zero attached hydrogens (tertiary/aromatic N) is 1. The minimum Gasteiger partial charge on any atom is -0.321 e. The fourth-order valence-corrected chi connectivity index (χ4v) is 1.74. The molecule has 2 aromatic carbocycles. The molecule has 0 heterocycles. The van der Waals surface area contributed by atoms with E-state index in [-0.39, 0.29) is 5.91 Å². The van der Waals surface area contributed by atoms with Crippen molar-refractivity contribution in [3.8, 4) is 6.07 Å². The Labute approximate surface area is 122 Å². The molecule has 4 heteroatoms. The summed E-state index contributed by atoms with van der Waals surface area (Å²) in [5.41, 5.74) is 1.81. The van der Waals surface area contributed by atoms with E-state index in [1.54, 1.807) is 42.5 Å². The molecule has 0 saturated carbocycles. The van der Waals surface area contributed by atoms with Gasteiger partial charge < -0.3 is 5.32 Å². The summed E-state index contributed by atoms with van der Waals surface area (Å²) < 4.78 is 0. The Morgan fingerprint density at radius 3 is 2.55 bits per heavy atom. The van der Waals surface area contributed by atoms with Crippen molar-refractivity contribution >= 4 is 29.3 Å². The van der Waals surface area contributed by atoms with E-state index in [1.165, 1.54) is 6.08 Å². The van der Waals surface area contributed by atoms with Gasteiger partial charge in [0, 0.05) is 11.1 Å². The third kappa shape index (κ3) is 3.71. The van der Waals surface area contributed by atoms with Crippen LogP contribution in [0.5, 0.6) is 0 Å². The Morgan fingerprint density at radius 2 is 1.85 bits per heavy atom. The molecule has 3 nitrogen and oxygen atoms in total. The number of carbonyl (C=O) groups excluding carboxylic acids is 1. The van der Waals surface area contributed by atoms with Gasteiger partial charge in [0.05, 0.1) is 11.3 Å². The van der Waals surface area contributed by atoms with Crippen LogP contribution in [0.25, 0.3) is 6.08 Å². The lowest BCUT2D eigenvalue weighted by Crippen LogP contribution is -2.08. The number of amides is 1. The van der Waals surface area contributed by atoms with Crippen LogP contribution >= 0.6 is 11.6 Å². The van der Waals surface area contributed by atoms with Crippen molar-refractivity contribution in [3.05, 3.63) is 70.8 Å². The van der Waals surface area contributed by atoms with Gasteiger partial charge in [0.15, 0.2) is 0 Å². The summed E-state index contributed by atoms with van der Waals surface area (Å²) >= 11 is 5.78. The molecule has 0 aliphatic rings. The summed E-state index contributed by atoms with van der Waals surface area (Å²) in [6, 6.07) is 16.0. The van der Waals surface area contributed by atoms with E-state index in [0.29, 0.717) is 16.3 Å². The van der Waals surface area contributed by atoms with Crippen molar-refractivity contribution < 1.29 is 4.79 Å². The molecule has 0 saturated heterocycles. The van der Waals surface area contributed by atoms with Crippen LogP contribution in [0.3, 0.4) is 0 Å². The average Bonchev–Trinajstić information content (AvgIpc) is 2.47. The number of carbonyl (C=O) groups is 1. The van der Waals surface area contributed by atoms with Crippen molar-refractivity contribution in [2.45, 2.75) is 0 Å². The SMILES string of the molecule is N#Cc1ccccc1NC(=O)/C=C/c1ccc(Cl)cc1. The van der Waals surface area contributed by atoms with Crippen LogP contribution in [0.1, 0.15) is 11.1 Å². The van der Waals surface area contributed by atoms with Crippen LogP contribution in [-0.2, 0) is 4.79 Å². The number of nitriles is 1. The Kier molecular flexibility index (Phi) is 4.54. The normalized spacial score (nSPS) is 10.2. The van der Waals surface area contributed by atoms with Gasteiger partial charge in [0.2, 0.25) is 5.91 Å². The number of halogens is 1. The van der Waals surface area contributed by atoms with E-state index >= 15 is 0 Å². The lowest BCUT2D eigenvalue weighted by atomic mass is 10.2. The minimum absolute atomic E-state index is 0.289. The molecule has 0 radical (unpaired) electrons. The number of para-hydroxylation sites is 1. The largest absolute Gasteiger partial charge is 0.321 e. The lowest BCUT2D eigenvalue weighted by Gasteiger charge is -2.03. The van der Waals surface area contributed by atoms with Crippen molar-refractivity contribution in [1.82, 2.24) is 0 Å². The smallest absolute Gasteiger partial charge is 0.248 e. The predicted octanol–water partition coefficient (Wildman–Crippen LogP) is 3.86.